The first-order valence-electron chi connectivity index (χ1n) is 13.9. The van der Waals surface area contributed by atoms with E-state index in [0.717, 1.165) is 46.9 Å². The molecule has 4 N–H and O–H groups in total. The molecule has 0 aliphatic carbocycles. The Morgan fingerprint density at radius 2 is 1.66 bits per heavy atom. The second kappa shape index (κ2) is 15.7. The lowest BCUT2D eigenvalue weighted by atomic mass is 10.0. The Bertz CT molecular complexity index is 1250. The van der Waals surface area contributed by atoms with Gasteiger partial charge in [-0.05, 0) is 36.1 Å². The molecule has 1 aliphatic rings. The molecule has 41 heavy (non-hydrogen) atoms. The molecule has 220 valence electrons. The van der Waals surface area contributed by atoms with Crippen LogP contribution in [0, 0.1) is 0 Å². The summed E-state index contributed by atoms with van der Waals surface area (Å²) in [6, 6.07) is 15.3. The lowest BCUT2D eigenvalue weighted by molar-refractivity contribution is -0.245. The highest BCUT2D eigenvalue weighted by molar-refractivity contribution is 7.99. The van der Waals surface area contributed by atoms with Crippen LogP contribution in [0.4, 0.5) is 5.69 Å². The molecule has 3 aromatic rings. The second-order valence-corrected chi connectivity index (χ2v) is 11.1. The zero-order valence-electron chi connectivity index (χ0n) is 23.2. The Labute approximate surface area is 244 Å². The van der Waals surface area contributed by atoms with Crippen molar-refractivity contribution in [3.8, 4) is 0 Å². The lowest BCUT2D eigenvalue weighted by Crippen LogP contribution is -2.31. The molecule has 2 amide bonds. The van der Waals surface area contributed by atoms with Crippen molar-refractivity contribution in [2.45, 2.75) is 75.2 Å². The summed E-state index contributed by atoms with van der Waals surface area (Å²) in [4.78, 5) is 27.8. The van der Waals surface area contributed by atoms with E-state index in [1.807, 2.05) is 66.3 Å². The first-order chi connectivity index (χ1) is 19.9. The molecule has 0 unspecified atom stereocenters. The van der Waals surface area contributed by atoms with E-state index in [-0.39, 0.29) is 37.0 Å². The van der Waals surface area contributed by atoms with E-state index in [2.05, 4.69) is 10.3 Å². The van der Waals surface area contributed by atoms with E-state index < -0.39 is 6.29 Å². The number of benzene rings is 2. The Kier molecular flexibility index (Phi) is 11.8. The summed E-state index contributed by atoms with van der Waals surface area (Å²) in [5.41, 5.74) is 5.07. The fourth-order valence-corrected chi connectivity index (χ4v) is 5.56. The highest BCUT2D eigenvalue weighted by Gasteiger charge is 2.32. The molecule has 2 aromatic carbocycles. The number of aryl methyl sites for hydroxylation is 1. The van der Waals surface area contributed by atoms with Crippen LogP contribution < -0.4 is 10.8 Å². The van der Waals surface area contributed by atoms with E-state index in [0.29, 0.717) is 24.9 Å². The van der Waals surface area contributed by atoms with Crippen LogP contribution in [0.25, 0.3) is 0 Å². The number of aliphatic hydroxyl groups is 1. The summed E-state index contributed by atoms with van der Waals surface area (Å²) in [5.74, 6) is 0.272. The van der Waals surface area contributed by atoms with E-state index in [9.17, 15) is 14.7 Å². The average molecular weight is 583 g/mol. The molecule has 1 saturated heterocycles. The quantitative estimate of drug-likeness (QED) is 0.0899. The standard InChI is InChI=1S/C30H38N4O6S/c1-34-17-16-31-30(34)41-20-25-18-26(22-10-8-21(19-35)9-11-22)40-29(39-25)23-12-14-24(15-13-23)32-27(36)6-4-2-3-5-7-28(37)33-38/h8-17,25-26,29,35,38H,2-7,18-20H2,1H3,(H,32,36)(H,33,37)/t25-,26+,29+/m1/s1. The van der Waals surface area contributed by atoms with Crippen molar-refractivity contribution in [2.24, 2.45) is 7.05 Å². The molecule has 1 aliphatic heterocycles. The van der Waals surface area contributed by atoms with E-state index in [4.69, 9.17) is 14.7 Å². The number of anilines is 1. The number of carbonyl (C=O) groups excluding carboxylic acids is 2. The SMILES string of the molecule is Cn1ccnc1SC[C@H]1C[C@@H](c2ccc(CO)cc2)O[C@@H](c2ccc(NC(=O)CCCCCCC(=O)NO)cc2)O1. The maximum Gasteiger partial charge on any atom is 0.243 e. The average Bonchev–Trinajstić information content (AvgIpc) is 3.42. The van der Waals surface area contributed by atoms with Gasteiger partial charge in [-0.1, -0.05) is 61.0 Å². The summed E-state index contributed by atoms with van der Waals surface area (Å²) in [6.45, 7) is -0.00510. The van der Waals surface area contributed by atoms with Crippen molar-refractivity contribution in [3.05, 3.63) is 77.6 Å². The highest BCUT2D eigenvalue weighted by atomic mass is 32.2. The van der Waals surface area contributed by atoms with Gasteiger partial charge in [-0.25, -0.2) is 10.5 Å². The summed E-state index contributed by atoms with van der Waals surface area (Å²) in [5, 5.41) is 21.8. The summed E-state index contributed by atoms with van der Waals surface area (Å²) in [7, 11) is 1.97. The lowest BCUT2D eigenvalue weighted by Gasteiger charge is -2.36. The third-order valence-electron chi connectivity index (χ3n) is 6.94. The van der Waals surface area contributed by atoms with Crippen molar-refractivity contribution < 1.29 is 29.4 Å². The number of aromatic nitrogens is 2. The Hall–Kier alpha value is -3.22. The van der Waals surface area contributed by atoms with Crippen LogP contribution in [0.3, 0.4) is 0 Å². The third-order valence-corrected chi connectivity index (χ3v) is 8.13. The number of hydroxylamine groups is 1. The molecular formula is C30H38N4O6S. The molecule has 10 nitrogen and oxygen atoms in total. The molecular weight excluding hydrogens is 544 g/mol. The predicted molar refractivity (Wildman–Crippen MR) is 155 cm³/mol. The van der Waals surface area contributed by atoms with Gasteiger partial charge in [-0.15, -0.1) is 0 Å². The summed E-state index contributed by atoms with van der Waals surface area (Å²) >= 11 is 1.65. The molecule has 11 heteroatoms. The molecule has 0 radical (unpaired) electrons. The number of ether oxygens (including phenoxy) is 2. The van der Waals surface area contributed by atoms with Gasteiger partial charge >= 0.3 is 0 Å². The van der Waals surface area contributed by atoms with Gasteiger partial charge in [0.05, 0.1) is 18.8 Å². The zero-order chi connectivity index (χ0) is 29.0. The molecule has 0 spiro atoms. The van der Waals surface area contributed by atoms with E-state index in [1.54, 1.807) is 23.4 Å². The normalized spacial score (nSPS) is 18.7. The van der Waals surface area contributed by atoms with Gasteiger partial charge < -0.3 is 24.5 Å². The van der Waals surface area contributed by atoms with Gasteiger partial charge in [0, 0.05) is 55.7 Å². The minimum Gasteiger partial charge on any atom is -0.392 e. The molecule has 0 saturated carbocycles. The molecule has 1 aromatic heterocycles. The maximum absolute atomic E-state index is 12.4. The third kappa shape index (κ3) is 9.40. The highest BCUT2D eigenvalue weighted by Crippen LogP contribution is 2.39. The number of unbranched alkanes of at least 4 members (excludes halogenated alkanes) is 3. The van der Waals surface area contributed by atoms with Crippen molar-refractivity contribution in [2.75, 3.05) is 11.1 Å². The van der Waals surface area contributed by atoms with Gasteiger partial charge in [-0.3, -0.25) is 14.8 Å². The van der Waals surface area contributed by atoms with E-state index >= 15 is 0 Å². The van der Waals surface area contributed by atoms with Crippen LogP contribution >= 0.6 is 11.8 Å². The summed E-state index contributed by atoms with van der Waals surface area (Å²) in [6.07, 6.45) is 7.32. The number of imidazole rings is 1. The van der Waals surface area contributed by atoms with Gasteiger partial charge in [0.1, 0.15) is 0 Å². The Morgan fingerprint density at radius 3 is 2.29 bits per heavy atom. The predicted octanol–water partition coefficient (Wildman–Crippen LogP) is 5.03. The first-order valence-corrected chi connectivity index (χ1v) is 14.9. The summed E-state index contributed by atoms with van der Waals surface area (Å²) < 4.78 is 14.8. The number of hydrogen-bond acceptors (Lipinski definition) is 8. The number of amides is 2. The minimum absolute atomic E-state index is 0.00510. The largest absolute Gasteiger partial charge is 0.392 e. The van der Waals surface area contributed by atoms with Crippen LogP contribution in [-0.2, 0) is 32.7 Å². The topological polar surface area (TPSA) is 135 Å². The van der Waals surface area contributed by atoms with Crippen molar-refractivity contribution in [3.63, 3.8) is 0 Å². The van der Waals surface area contributed by atoms with Gasteiger partial charge in [0.15, 0.2) is 11.4 Å². The molecule has 4 rings (SSSR count). The van der Waals surface area contributed by atoms with Crippen molar-refractivity contribution >= 4 is 29.3 Å². The second-order valence-electron chi connectivity index (χ2n) is 10.1. The van der Waals surface area contributed by atoms with E-state index in [1.165, 1.54) is 0 Å². The van der Waals surface area contributed by atoms with Crippen molar-refractivity contribution in [1.29, 1.82) is 0 Å². The number of nitrogens with one attached hydrogen (secondary N) is 2. The first kappa shape index (κ1) is 30.7. The number of nitrogens with zero attached hydrogens (tertiary/aromatic N) is 2. The zero-order valence-corrected chi connectivity index (χ0v) is 24.0. The maximum atomic E-state index is 12.4. The van der Waals surface area contributed by atoms with Gasteiger partial charge in [-0.2, -0.15) is 0 Å². The molecule has 0 bridgehead atoms. The Balaban J connectivity index is 1.33. The number of carbonyl (C=O) groups is 2. The van der Waals surface area contributed by atoms with Crippen LogP contribution in [0.5, 0.6) is 0 Å². The number of rotatable bonds is 14. The fraction of sp³-hybridized carbons (Fsp3) is 0.433. The minimum atomic E-state index is -0.573. The van der Waals surface area contributed by atoms with Crippen LogP contribution in [0.15, 0.2) is 66.1 Å². The molecule has 1 fully saturated rings. The fourth-order valence-electron chi connectivity index (χ4n) is 4.61. The van der Waals surface area contributed by atoms with Crippen LogP contribution in [0.1, 0.15) is 74.0 Å². The van der Waals surface area contributed by atoms with Crippen LogP contribution in [-0.4, -0.2) is 43.5 Å². The van der Waals surface area contributed by atoms with Crippen molar-refractivity contribution in [1.82, 2.24) is 15.0 Å². The van der Waals surface area contributed by atoms with Gasteiger partial charge in [0.25, 0.3) is 0 Å². The number of aliphatic hydroxyl groups excluding tert-OH is 1. The number of thioether (sulfide) groups is 1. The molecule has 3 atom stereocenters. The molecule has 2 heterocycles. The smallest absolute Gasteiger partial charge is 0.243 e. The number of hydrogen-bond donors (Lipinski definition) is 4. The monoisotopic (exact) mass is 582 g/mol. The van der Waals surface area contributed by atoms with Crippen LogP contribution in [0.2, 0.25) is 0 Å². The van der Waals surface area contributed by atoms with Gasteiger partial charge in [0.2, 0.25) is 11.8 Å². The Morgan fingerprint density at radius 1 is 0.976 bits per heavy atom.